The molecule has 4 heteroatoms. The molecule has 3 rings (SSSR count). The first-order valence-corrected chi connectivity index (χ1v) is 7.11. The third-order valence-corrected chi connectivity index (χ3v) is 3.76. The summed E-state index contributed by atoms with van der Waals surface area (Å²) < 4.78 is 5.14. The van der Waals surface area contributed by atoms with Crippen LogP contribution in [0.25, 0.3) is 0 Å². The van der Waals surface area contributed by atoms with E-state index < -0.39 is 0 Å². The van der Waals surface area contributed by atoms with E-state index in [2.05, 4.69) is 4.98 Å². The standard InChI is InChI=1S/C17H18N2O2/c1-21-16-9-5-6-14(18-16)10-13-11-17(20)19(12-13)15-7-3-2-4-8-15/h2-9,13H,10-12H2,1H3/t13-/m1/s1. The van der Waals surface area contributed by atoms with E-state index in [4.69, 9.17) is 4.74 Å². The van der Waals surface area contributed by atoms with Crippen molar-refractivity contribution in [3.05, 3.63) is 54.2 Å². The van der Waals surface area contributed by atoms with Crippen LogP contribution >= 0.6 is 0 Å². The molecule has 1 fully saturated rings. The fourth-order valence-corrected chi connectivity index (χ4v) is 2.76. The molecule has 0 radical (unpaired) electrons. The van der Waals surface area contributed by atoms with Crippen molar-refractivity contribution in [3.63, 3.8) is 0 Å². The molecule has 4 nitrogen and oxygen atoms in total. The van der Waals surface area contributed by atoms with E-state index in [0.29, 0.717) is 18.2 Å². The van der Waals surface area contributed by atoms with Gasteiger partial charge in [-0.25, -0.2) is 4.98 Å². The van der Waals surface area contributed by atoms with E-state index in [0.717, 1.165) is 24.3 Å². The summed E-state index contributed by atoms with van der Waals surface area (Å²) in [5.74, 6) is 1.11. The maximum atomic E-state index is 12.2. The Morgan fingerprint density at radius 2 is 2.00 bits per heavy atom. The number of hydrogen-bond acceptors (Lipinski definition) is 3. The Labute approximate surface area is 124 Å². The molecule has 0 aliphatic carbocycles. The van der Waals surface area contributed by atoms with Crippen LogP contribution in [-0.4, -0.2) is 24.5 Å². The minimum absolute atomic E-state index is 0.189. The normalized spacial score (nSPS) is 18.0. The van der Waals surface area contributed by atoms with Gasteiger partial charge in [-0.15, -0.1) is 0 Å². The minimum Gasteiger partial charge on any atom is -0.481 e. The van der Waals surface area contributed by atoms with E-state index in [1.165, 1.54) is 0 Å². The molecule has 0 N–H and O–H groups in total. The summed E-state index contributed by atoms with van der Waals surface area (Å²) in [4.78, 5) is 18.5. The lowest BCUT2D eigenvalue weighted by Crippen LogP contribution is -2.24. The van der Waals surface area contributed by atoms with Crippen LogP contribution in [0.3, 0.4) is 0 Å². The molecular formula is C17H18N2O2. The summed E-state index contributed by atoms with van der Waals surface area (Å²) >= 11 is 0. The molecule has 1 amide bonds. The average Bonchev–Trinajstić information content (AvgIpc) is 2.89. The molecule has 1 saturated heterocycles. The Morgan fingerprint density at radius 3 is 2.76 bits per heavy atom. The fraction of sp³-hybridized carbons (Fsp3) is 0.294. The molecule has 1 atom stereocenters. The van der Waals surface area contributed by atoms with Crippen molar-refractivity contribution in [1.29, 1.82) is 0 Å². The number of carbonyl (C=O) groups excluding carboxylic acids is 1. The monoisotopic (exact) mass is 282 g/mol. The first-order chi connectivity index (χ1) is 10.3. The molecule has 21 heavy (non-hydrogen) atoms. The van der Waals surface area contributed by atoms with Gasteiger partial charge in [0.15, 0.2) is 0 Å². The molecule has 0 spiro atoms. The second kappa shape index (κ2) is 5.95. The summed E-state index contributed by atoms with van der Waals surface area (Å²) in [5.41, 5.74) is 1.95. The van der Waals surface area contributed by atoms with Gasteiger partial charge in [-0.2, -0.15) is 0 Å². The Kier molecular flexibility index (Phi) is 3.86. The molecule has 1 aromatic carbocycles. The molecule has 108 valence electrons. The molecule has 2 heterocycles. The SMILES string of the molecule is COc1cccc(C[C@@H]2CC(=O)N(c3ccccc3)C2)n1. The van der Waals surface area contributed by atoms with Crippen LogP contribution in [0.1, 0.15) is 12.1 Å². The summed E-state index contributed by atoms with van der Waals surface area (Å²) in [6.45, 7) is 0.752. The zero-order valence-corrected chi connectivity index (χ0v) is 12.0. The molecule has 1 aromatic heterocycles. The van der Waals surface area contributed by atoms with Gasteiger partial charge in [0.1, 0.15) is 0 Å². The van der Waals surface area contributed by atoms with Gasteiger partial charge >= 0.3 is 0 Å². The molecule has 0 bridgehead atoms. The summed E-state index contributed by atoms with van der Waals surface area (Å²) in [6, 6.07) is 15.6. The number of aromatic nitrogens is 1. The summed E-state index contributed by atoms with van der Waals surface area (Å²) in [6.07, 6.45) is 1.38. The average molecular weight is 282 g/mol. The van der Waals surface area contributed by atoms with E-state index in [1.54, 1.807) is 7.11 Å². The quantitative estimate of drug-likeness (QED) is 0.866. The van der Waals surface area contributed by atoms with Crippen LogP contribution in [0.15, 0.2) is 48.5 Å². The number of hydrogen-bond donors (Lipinski definition) is 0. The zero-order chi connectivity index (χ0) is 14.7. The van der Waals surface area contributed by atoms with Crippen LogP contribution in [0, 0.1) is 5.92 Å². The van der Waals surface area contributed by atoms with Gasteiger partial charge in [-0.05, 0) is 30.5 Å². The van der Waals surface area contributed by atoms with Crippen molar-refractivity contribution in [2.75, 3.05) is 18.6 Å². The lowest BCUT2D eigenvalue weighted by atomic mass is 10.0. The maximum Gasteiger partial charge on any atom is 0.227 e. The first-order valence-electron chi connectivity index (χ1n) is 7.11. The van der Waals surface area contributed by atoms with Crippen molar-refractivity contribution in [1.82, 2.24) is 4.98 Å². The van der Waals surface area contributed by atoms with Crippen LogP contribution < -0.4 is 9.64 Å². The second-order valence-electron chi connectivity index (χ2n) is 5.29. The first kappa shape index (κ1) is 13.6. The predicted octanol–water partition coefficient (Wildman–Crippen LogP) is 2.69. The van der Waals surface area contributed by atoms with Crippen LogP contribution in [0.5, 0.6) is 5.88 Å². The van der Waals surface area contributed by atoms with Crippen molar-refractivity contribution >= 4 is 11.6 Å². The number of methoxy groups -OCH3 is 1. The van der Waals surface area contributed by atoms with Gasteiger partial charge < -0.3 is 9.64 Å². The van der Waals surface area contributed by atoms with Crippen LogP contribution in [0.4, 0.5) is 5.69 Å². The smallest absolute Gasteiger partial charge is 0.227 e. The highest BCUT2D eigenvalue weighted by Crippen LogP contribution is 2.27. The third kappa shape index (κ3) is 3.05. The fourth-order valence-electron chi connectivity index (χ4n) is 2.76. The minimum atomic E-state index is 0.189. The van der Waals surface area contributed by atoms with Crippen molar-refractivity contribution in [2.45, 2.75) is 12.8 Å². The predicted molar refractivity (Wildman–Crippen MR) is 81.4 cm³/mol. The highest BCUT2D eigenvalue weighted by Gasteiger charge is 2.30. The van der Waals surface area contributed by atoms with Crippen molar-refractivity contribution in [2.24, 2.45) is 5.92 Å². The number of carbonyl (C=O) groups is 1. The second-order valence-corrected chi connectivity index (χ2v) is 5.29. The number of para-hydroxylation sites is 1. The van der Waals surface area contributed by atoms with Gasteiger partial charge in [-0.3, -0.25) is 4.79 Å². The zero-order valence-electron chi connectivity index (χ0n) is 12.0. The Bertz CT molecular complexity index is 628. The number of anilines is 1. The lowest BCUT2D eigenvalue weighted by molar-refractivity contribution is -0.117. The number of pyridine rings is 1. The summed E-state index contributed by atoms with van der Waals surface area (Å²) in [5, 5.41) is 0. The van der Waals surface area contributed by atoms with Gasteiger partial charge in [0.25, 0.3) is 0 Å². The topological polar surface area (TPSA) is 42.4 Å². The Morgan fingerprint density at radius 1 is 1.19 bits per heavy atom. The van der Waals surface area contributed by atoms with Gasteiger partial charge in [0.2, 0.25) is 11.8 Å². The lowest BCUT2D eigenvalue weighted by Gasteiger charge is -2.16. The van der Waals surface area contributed by atoms with Crippen molar-refractivity contribution in [3.8, 4) is 5.88 Å². The molecule has 0 saturated carbocycles. The number of benzene rings is 1. The Hall–Kier alpha value is -2.36. The Balaban J connectivity index is 1.70. The molecule has 1 aliphatic rings. The number of ether oxygens (including phenoxy) is 1. The number of rotatable bonds is 4. The highest BCUT2D eigenvalue weighted by atomic mass is 16.5. The largest absolute Gasteiger partial charge is 0.481 e. The van der Waals surface area contributed by atoms with E-state index >= 15 is 0 Å². The van der Waals surface area contributed by atoms with Gasteiger partial charge in [0, 0.05) is 30.4 Å². The maximum absolute atomic E-state index is 12.2. The highest BCUT2D eigenvalue weighted by molar-refractivity contribution is 5.95. The molecule has 0 unspecified atom stereocenters. The van der Waals surface area contributed by atoms with Crippen molar-refractivity contribution < 1.29 is 9.53 Å². The van der Waals surface area contributed by atoms with Crippen LogP contribution in [0.2, 0.25) is 0 Å². The van der Waals surface area contributed by atoms with Gasteiger partial charge in [-0.1, -0.05) is 24.3 Å². The molecular weight excluding hydrogens is 264 g/mol. The third-order valence-electron chi connectivity index (χ3n) is 3.76. The van der Waals surface area contributed by atoms with E-state index in [-0.39, 0.29) is 5.91 Å². The molecule has 1 aliphatic heterocycles. The van der Waals surface area contributed by atoms with E-state index in [9.17, 15) is 4.79 Å². The number of nitrogens with zero attached hydrogens (tertiary/aromatic N) is 2. The van der Waals surface area contributed by atoms with Crippen LogP contribution in [-0.2, 0) is 11.2 Å². The van der Waals surface area contributed by atoms with E-state index in [1.807, 2.05) is 53.4 Å². The molecule has 2 aromatic rings. The summed E-state index contributed by atoms with van der Waals surface area (Å²) in [7, 11) is 1.61. The number of amides is 1. The van der Waals surface area contributed by atoms with Gasteiger partial charge in [0.05, 0.1) is 7.11 Å².